The van der Waals surface area contributed by atoms with Crippen molar-refractivity contribution in [2.75, 3.05) is 14.2 Å². The van der Waals surface area contributed by atoms with Crippen LogP contribution >= 0.6 is 11.6 Å². The minimum absolute atomic E-state index is 0. The van der Waals surface area contributed by atoms with Crippen LogP contribution < -0.4 is 62.6 Å². The zero-order chi connectivity index (χ0) is 19.9. The van der Waals surface area contributed by atoms with Gasteiger partial charge in [0.2, 0.25) is 0 Å². The number of hydrogen-bond acceptors (Lipinski definition) is 6. The number of amidine groups is 1. The maximum absolute atomic E-state index is 7.07. The fraction of sp³-hybridized carbons (Fsp3) is 0.333. The average Bonchev–Trinajstić information content (AvgIpc) is 2.64. The molecule has 0 aliphatic rings. The van der Waals surface area contributed by atoms with E-state index in [0.29, 0.717) is 11.5 Å². The largest absolute Gasteiger partial charge is 1.00 e. The molecular formula is C18H27ClKN5O2. The van der Waals surface area contributed by atoms with Gasteiger partial charge in [-0.15, -0.1) is 0 Å². The maximum atomic E-state index is 7.07. The van der Waals surface area contributed by atoms with E-state index >= 15 is 0 Å². The number of nitrogens with zero attached hydrogens (tertiary/aromatic N) is 2. The van der Waals surface area contributed by atoms with E-state index in [0.717, 1.165) is 16.7 Å². The van der Waals surface area contributed by atoms with Gasteiger partial charge in [0, 0.05) is 11.9 Å². The summed E-state index contributed by atoms with van der Waals surface area (Å²) >= 11 is 5.40. The van der Waals surface area contributed by atoms with Crippen molar-refractivity contribution in [2.24, 2.45) is 10.9 Å². The van der Waals surface area contributed by atoms with E-state index in [1.165, 1.54) is 25.5 Å². The number of rotatable bonds is 8. The summed E-state index contributed by atoms with van der Waals surface area (Å²) in [5.74, 6) is 0.485. The fourth-order valence-electron chi connectivity index (χ4n) is 1.84. The fourth-order valence-corrected chi connectivity index (χ4v) is 1.90. The molecular weight excluding hydrogens is 393 g/mol. The molecule has 0 heterocycles. The molecule has 0 unspecified atom stereocenters. The van der Waals surface area contributed by atoms with E-state index < -0.39 is 0 Å². The molecule has 4 N–H and O–H groups in total. The van der Waals surface area contributed by atoms with E-state index in [9.17, 15) is 0 Å². The number of halogens is 1. The summed E-state index contributed by atoms with van der Waals surface area (Å²) in [6.07, 6.45) is 4.32. The summed E-state index contributed by atoms with van der Waals surface area (Å²) in [5.41, 5.74) is 11.5. The van der Waals surface area contributed by atoms with Crippen LogP contribution in [0.3, 0.4) is 0 Å². The Labute approximate surface area is 209 Å². The van der Waals surface area contributed by atoms with Gasteiger partial charge in [-0.25, -0.2) is 0 Å². The number of benzene rings is 1. The first-order valence-corrected chi connectivity index (χ1v) is 8.42. The Kier molecular flexibility index (Phi) is 18.1. The Morgan fingerprint density at radius 2 is 2.04 bits per heavy atom. The van der Waals surface area contributed by atoms with Gasteiger partial charge in [0.05, 0.1) is 7.11 Å². The first-order chi connectivity index (χ1) is 12.5. The second-order valence-corrected chi connectivity index (χ2v) is 5.06. The minimum atomic E-state index is -0.106. The third-order valence-electron chi connectivity index (χ3n) is 2.99. The number of nitrogens with one attached hydrogen (secondary N) is 2. The van der Waals surface area contributed by atoms with Gasteiger partial charge in [0.1, 0.15) is 11.8 Å². The summed E-state index contributed by atoms with van der Waals surface area (Å²) in [6, 6.07) is 5.79. The molecule has 1 aromatic carbocycles. The third-order valence-corrected chi connectivity index (χ3v) is 3.11. The van der Waals surface area contributed by atoms with Crippen LogP contribution in [0, 0.1) is 12.3 Å². The Balaban J connectivity index is 0. The molecule has 0 aromatic heterocycles. The second-order valence-electron chi connectivity index (χ2n) is 4.65. The molecule has 1 rings (SSSR count). The Morgan fingerprint density at radius 3 is 2.59 bits per heavy atom. The molecule has 0 aliphatic heterocycles. The van der Waals surface area contributed by atoms with E-state index in [-0.39, 0.29) is 63.2 Å². The van der Waals surface area contributed by atoms with Gasteiger partial charge in [-0.3, -0.25) is 20.9 Å². The molecule has 0 spiro atoms. The summed E-state index contributed by atoms with van der Waals surface area (Å²) in [5, 5.41) is 15.0. The van der Waals surface area contributed by atoms with Crippen LogP contribution in [0.5, 0.6) is 0 Å². The van der Waals surface area contributed by atoms with Gasteiger partial charge in [0.25, 0.3) is 0 Å². The van der Waals surface area contributed by atoms with Crippen molar-refractivity contribution < 1.29 is 61.1 Å². The zero-order valence-corrected chi connectivity index (χ0v) is 20.7. The van der Waals surface area contributed by atoms with Crippen LogP contribution in [0.4, 0.5) is 0 Å². The number of nitrogens with two attached hydrogens (primary N) is 1. The molecule has 0 atom stereocenters. The van der Waals surface area contributed by atoms with E-state index in [1.807, 2.05) is 39.0 Å². The number of hydroxylamine groups is 1. The van der Waals surface area contributed by atoms with Crippen LogP contribution in [0.1, 0.15) is 30.5 Å². The molecule has 0 bridgehead atoms. The SMILES string of the molecule is CC.C[N-]/C(=N/OC)c1cccc(C)c1CON/C=C(N)\C=C/C(=N)Cl.[K+]. The summed E-state index contributed by atoms with van der Waals surface area (Å²) in [4.78, 5) is 10.3. The van der Waals surface area contributed by atoms with Crippen LogP contribution in [0.15, 0.2) is 47.4 Å². The summed E-state index contributed by atoms with van der Waals surface area (Å²) in [7, 11) is 3.12. The normalized spacial score (nSPS) is 11.2. The van der Waals surface area contributed by atoms with Gasteiger partial charge in [0.15, 0.2) is 0 Å². The van der Waals surface area contributed by atoms with Crippen molar-refractivity contribution in [3.05, 3.63) is 64.3 Å². The Hall–Kier alpha value is -0.874. The van der Waals surface area contributed by atoms with Crippen LogP contribution in [0.25, 0.3) is 5.32 Å². The summed E-state index contributed by atoms with van der Waals surface area (Å²) in [6.45, 7) is 6.25. The minimum Gasteiger partial charge on any atom is -0.497 e. The predicted molar refractivity (Wildman–Crippen MR) is 108 cm³/mol. The van der Waals surface area contributed by atoms with Crippen LogP contribution in [-0.4, -0.2) is 25.2 Å². The molecule has 0 saturated carbocycles. The number of oxime groups is 1. The van der Waals surface area contributed by atoms with Crippen molar-refractivity contribution in [2.45, 2.75) is 27.4 Å². The zero-order valence-electron chi connectivity index (χ0n) is 16.8. The molecule has 1 aromatic rings. The average molecular weight is 420 g/mol. The number of hydrogen-bond donors (Lipinski definition) is 3. The molecule has 7 nitrogen and oxygen atoms in total. The van der Waals surface area contributed by atoms with Gasteiger partial charge in [-0.1, -0.05) is 50.7 Å². The summed E-state index contributed by atoms with van der Waals surface area (Å²) < 4.78 is 0. The first-order valence-electron chi connectivity index (χ1n) is 8.04. The van der Waals surface area contributed by atoms with Gasteiger partial charge in [-0.2, -0.15) is 0 Å². The third kappa shape index (κ3) is 11.5. The maximum Gasteiger partial charge on any atom is 1.00 e. The molecule has 0 saturated heterocycles. The van der Waals surface area contributed by atoms with Crippen molar-refractivity contribution in [3.8, 4) is 0 Å². The molecule has 0 fully saturated rings. The van der Waals surface area contributed by atoms with Gasteiger partial charge < -0.3 is 15.9 Å². The van der Waals surface area contributed by atoms with E-state index in [1.54, 1.807) is 7.05 Å². The molecule has 27 heavy (non-hydrogen) atoms. The van der Waals surface area contributed by atoms with Crippen molar-refractivity contribution >= 4 is 22.6 Å². The van der Waals surface area contributed by atoms with Crippen molar-refractivity contribution in [3.63, 3.8) is 0 Å². The van der Waals surface area contributed by atoms with Gasteiger partial charge in [-0.05, 0) is 41.6 Å². The Morgan fingerprint density at radius 1 is 1.37 bits per heavy atom. The van der Waals surface area contributed by atoms with E-state index in [4.69, 9.17) is 32.4 Å². The van der Waals surface area contributed by atoms with Crippen molar-refractivity contribution in [1.29, 1.82) is 5.41 Å². The second kappa shape index (κ2) is 17.2. The molecule has 0 radical (unpaired) electrons. The van der Waals surface area contributed by atoms with E-state index in [2.05, 4.69) is 16.0 Å². The molecule has 0 aliphatic carbocycles. The predicted octanol–water partition coefficient (Wildman–Crippen LogP) is 0.930. The van der Waals surface area contributed by atoms with Crippen LogP contribution in [0.2, 0.25) is 0 Å². The first kappa shape index (κ1) is 28.3. The molecule has 0 amide bonds. The topological polar surface area (TPSA) is 107 Å². The number of aryl methyl sites for hydroxylation is 1. The monoisotopic (exact) mass is 419 g/mol. The molecule has 9 heteroatoms. The quantitative estimate of drug-likeness (QED) is 0.145. The van der Waals surface area contributed by atoms with Crippen molar-refractivity contribution in [1.82, 2.24) is 5.48 Å². The standard InChI is InChI=1S/C16H21ClN5O2.C2H6.K/c1-11-5-4-6-13(16(20-2)22-23-3)14(11)10-24-21-9-12(18)7-8-15(17)19;1-2;/h4-9,19,21H,10,18H2,1-3H3;1-2H3;/q-1;;+1/b8-7-,12-9+,19-15?;;. The Bertz CT molecular complexity index is 663. The number of allylic oxidation sites excluding steroid dienone is 2. The van der Waals surface area contributed by atoms with Gasteiger partial charge >= 0.3 is 51.4 Å². The van der Waals surface area contributed by atoms with Crippen LogP contribution in [-0.2, 0) is 16.3 Å². The smallest absolute Gasteiger partial charge is 0.497 e. The molecule has 144 valence electrons.